The Hall–Kier alpha value is -1.88. The number of thiophene rings is 1. The predicted molar refractivity (Wildman–Crippen MR) is 70.3 cm³/mol. The SMILES string of the molecule is O=C(O)c1cc(N2CCc3sccc3C2)ccn1. The predicted octanol–water partition coefficient (Wildman–Crippen LogP) is 2.40. The fourth-order valence-electron chi connectivity index (χ4n) is 2.20. The topological polar surface area (TPSA) is 53.4 Å². The van der Waals surface area contributed by atoms with Gasteiger partial charge in [0.25, 0.3) is 0 Å². The van der Waals surface area contributed by atoms with Crippen LogP contribution in [0.3, 0.4) is 0 Å². The first-order chi connectivity index (χ1) is 8.74. The number of carbonyl (C=O) groups is 1. The highest BCUT2D eigenvalue weighted by Crippen LogP contribution is 2.27. The summed E-state index contributed by atoms with van der Waals surface area (Å²) in [6.07, 6.45) is 2.58. The standard InChI is InChI=1S/C13H12N2O2S/c16-13(17)11-7-10(1-4-14-11)15-5-2-12-9(8-15)3-6-18-12/h1,3-4,6-7H,2,5,8H2,(H,16,17). The zero-order valence-corrected chi connectivity index (χ0v) is 10.5. The summed E-state index contributed by atoms with van der Waals surface area (Å²) in [5.74, 6) is -0.981. The first kappa shape index (κ1) is 11.2. The van der Waals surface area contributed by atoms with E-state index in [1.165, 1.54) is 10.4 Å². The third kappa shape index (κ3) is 1.97. The fraction of sp³-hybridized carbons (Fsp3) is 0.231. The van der Waals surface area contributed by atoms with Crippen LogP contribution < -0.4 is 4.90 Å². The van der Waals surface area contributed by atoms with Crippen LogP contribution in [0.1, 0.15) is 20.9 Å². The van der Waals surface area contributed by atoms with Crippen molar-refractivity contribution in [3.05, 3.63) is 45.9 Å². The number of aromatic carboxylic acids is 1. The summed E-state index contributed by atoms with van der Waals surface area (Å²) in [5, 5.41) is 11.1. The van der Waals surface area contributed by atoms with Gasteiger partial charge in [-0.15, -0.1) is 11.3 Å². The molecule has 0 aromatic carbocycles. The summed E-state index contributed by atoms with van der Waals surface area (Å²) in [5.41, 5.74) is 2.38. The Balaban J connectivity index is 1.88. The van der Waals surface area contributed by atoms with Gasteiger partial charge in [0.2, 0.25) is 0 Å². The van der Waals surface area contributed by atoms with Gasteiger partial charge >= 0.3 is 5.97 Å². The van der Waals surface area contributed by atoms with Crippen molar-refractivity contribution in [1.82, 2.24) is 4.98 Å². The van der Waals surface area contributed by atoms with Crippen molar-refractivity contribution in [2.45, 2.75) is 13.0 Å². The van der Waals surface area contributed by atoms with Crippen LogP contribution >= 0.6 is 11.3 Å². The quantitative estimate of drug-likeness (QED) is 0.901. The maximum atomic E-state index is 10.9. The maximum Gasteiger partial charge on any atom is 0.354 e. The minimum Gasteiger partial charge on any atom is -0.477 e. The summed E-state index contributed by atoms with van der Waals surface area (Å²) < 4.78 is 0. The first-order valence-electron chi connectivity index (χ1n) is 5.73. The van der Waals surface area contributed by atoms with Gasteiger partial charge in [-0.25, -0.2) is 9.78 Å². The number of hydrogen-bond donors (Lipinski definition) is 1. The number of aromatic nitrogens is 1. The minimum atomic E-state index is -0.981. The maximum absolute atomic E-state index is 10.9. The number of carboxylic acid groups (broad SMARTS) is 1. The number of fused-ring (bicyclic) bond motifs is 1. The number of nitrogens with zero attached hydrogens (tertiary/aromatic N) is 2. The Bertz CT molecular complexity index is 594. The molecule has 0 aliphatic carbocycles. The molecule has 0 radical (unpaired) electrons. The molecule has 5 heteroatoms. The molecule has 0 unspecified atom stereocenters. The van der Waals surface area contributed by atoms with Crippen molar-refractivity contribution < 1.29 is 9.90 Å². The molecule has 92 valence electrons. The van der Waals surface area contributed by atoms with Crippen molar-refractivity contribution in [3.63, 3.8) is 0 Å². The van der Waals surface area contributed by atoms with Crippen LogP contribution in [0.15, 0.2) is 29.8 Å². The molecule has 0 spiro atoms. The second kappa shape index (κ2) is 4.42. The van der Waals surface area contributed by atoms with Crippen molar-refractivity contribution in [3.8, 4) is 0 Å². The molecule has 2 aromatic rings. The van der Waals surface area contributed by atoms with Crippen molar-refractivity contribution in [1.29, 1.82) is 0 Å². The highest BCUT2D eigenvalue weighted by Gasteiger charge is 2.18. The van der Waals surface area contributed by atoms with Gasteiger partial charge in [-0.1, -0.05) is 0 Å². The Kier molecular flexibility index (Phi) is 2.76. The van der Waals surface area contributed by atoms with Crippen molar-refractivity contribution in [2.75, 3.05) is 11.4 Å². The van der Waals surface area contributed by atoms with E-state index in [9.17, 15) is 4.79 Å². The average Bonchev–Trinajstić information content (AvgIpc) is 2.86. The molecule has 0 atom stereocenters. The van der Waals surface area contributed by atoms with E-state index in [0.717, 1.165) is 25.2 Å². The molecule has 2 aromatic heterocycles. The Morgan fingerprint density at radius 1 is 1.44 bits per heavy atom. The number of rotatable bonds is 2. The zero-order valence-electron chi connectivity index (χ0n) is 9.67. The molecule has 3 rings (SSSR count). The van der Waals surface area contributed by atoms with Gasteiger partial charge in [-0.2, -0.15) is 0 Å². The van der Waals surface area contributed by atoms with Gasteiger partial charge in [0.05, 0.1) is 0 Å². The summed E-state index contributed by atoms with van der Waals surface area (Å²) in [6, 6.07) is 5.65. The van der Waals surface area contributed by atoms with Gasteiger partial charge in [0.1, 0.15) is 5.69 Å². The van der Waals surface area contributed by atoms with Crippen LogP contribution in [-0.4, -0.2) is 22.6 Å². The summed E-state index contributed by atoms with van der Waals surface area (Å²) >= 11 is 1.80. The van der Waals surface area contributed by atoms with Gasteiger partial charge in [0, 0.05) is 29.9 Å². The average molecular weight is 260 g/mol. The third-order valence-electron chi connectivity index (χ3n) is 3.14. The van der Waals surface area contributed by atoms with E-state index < -0.39 is 5.97 Å². The summed E-state index contributed by atoms with van der Waals surface area (Å²) in [7, 11) is 0. The highest BCUT2D eigenvalue weighted by molar-refractivity contribution is 7.10. The Labute approximate surface area is 109 Å². The van der Waals surface area contributed by atoms with E-state index in [0.29, 0.717) is 0 Å². The van der Waals surface area contributed by atoms with Gasteiger partial charge in [-0.3, -0.25) is 0 Å². The fourth-order valence-corrected chi connectivity index (χ4v) is 3.09. The number of anilines is 1. The molecule has 0 bridgehead atoms. The summed E-state index contributed by atoms with van der Waals surface area (Å²) in [4.78, 5) is 18.4. The number of carboxylic acids is 1. The van der Waals surface area contributed by atoms with E-state index in [4.69, 9.17) is 5.11 Å². The molecule has 0 saturated heterocycles. The van der Waals surface area contributed by atoms with E-state index in [1.807, 2.05) is 6.07 Å². The highest BCUT2D eigenvalue weighted by atomic mass is 32.1. The largest absolute Gasteiger partial charge is 0.477 e. The first-order valence-corrected chi connectivity index (χ1v) is 6.61. The van der Waals surface area contributed by atoms with Crippen LogP contribution in [0, 0.1) is 0 Å². The third-order valence-corrected chi connectivity index (χ3v) is 4.16. The summed E-state index contributed by atoms with van der Waals surface area (Å²) in [6.45, 7) is 1.78. The van der Waals surface area contributed by atoms with Crippen molar-refractivity contribution in [2.24, 2.45) is 0 Å². The van der Waals surface area contributed by atoms with Crippen LogP contribution in [0.4, 0.5) is 5.69 Å². The molecule has 1 N–H and O–H groups in total. The normalized spacial score (nSPS) is 14.3. The van der Waals surface area contributed by atoms with Crippen LogP contribution in [0.25, 0.3) is 0 Å². The lowest BCUT2D eigenvalue weighted by Gasteiger charge is -2.29. The van der Waals surface area contributed by atoms with Crippen LogP contribution in [0.2, 0.25) is 0 Å². The molecule has 1 aliphatic rings. The Morgan fingerprint density at radius 2 is 2.33 bits per heavy atom. The number of pyridine rings is 1. The molecule has 0 fully saturated rings. The van der Waals surface area contributed by atoms with Gasteiger partial charge in [-0.05, 0) is 35.6 Å². The second-order valence-corrected chi connectivity index (χ2v) is 5.25. The lowest BCUT2D eigenvalue weighted by molar-refractivity contribution is 0.0690. The number of hydrogen-bond acceptors (Lipinski definition) is 4. The molecule has 0 saturated carbocycles. The van der Waals surface area contributed by atoms with Crippen LogP contribution in [-0.2, 0) is 13.0 Å². The second-order valence-electron chi connectivity index (χ2n) is 4.25. The molecule has 18 heavy (non-hydrogen) atoms. The minimum absolute atomic E-state index is 0.101. The Morgan fingerprint density at radius 3 is 3.17 bits per heavy atom. The monoisotopic (exact) mass is 260 g/mol. The lowest BCUT2D eigenvalue weighted by atomic mass is 10.1. The molecule has 0 amide bonds. The molecular weight excluding hydrogens is 248 g/mol. The molecule has 3 heterocycles. The van der Waals surface area contributed by atoms with E-state index in [2.05, 4.69) is 21.3 Å². The van der Waals surface area contributed by atoms with Crippen molar-refractivity contribution >= 4 is 23.0 Å². The lowest BCUT2D eigenvalue weighted by Crippen LogP contribution is -2.29. The molecule has 1 aliphatic heterocycles. The van der Waals surface area contributed by atoms with E-state index in [1.54, 1.807) is 23.6 Å². The molecular formula is C13H12N2O2S. The molecule has 4 nitrogen and oxygen atoms in total. The van der Waals surface area contributed by atoms with E-state index in [-0.39, 0.29) is 5.69 Å². The van der Waals surface area contributed by atoms with Crippen LogP contribution in [0.5, 0.6) is 0 Å². The van der Waals surface area contributed by atoms with E-state index >= 15 is 0 Å². The van der Waals surface area contributed by atoms with Gasteiger partial charge < -0.3 is 10.0 Å². The zero-order chi connectivity index (χ0) is 12.5. The smallest absolute Gasteiger partial charge is 0.354 e. The van der Waals surface area contributed by atoms with Gasteiger partial charge in [0.15, 0.2) is 0 Å².